The number of aliphatic hydroxyl groups is 1. The lowest BCUT2D eigenvalue weighted by Crippen LogP contribution is -2.48. The van der Waals surface area contributed by atoms with Crippen LogP contribution in [0.1, 0.15) is 62.6 Å². The van der Waals surface area contributed by atoms with Crippen molar-refractivity contribution in [3.8, 4) is 11.4 Å². The third-order valence-electron chi connectivity index (χ3n) is 10.6. The van der Waals surface area contributed by atoms with Crippen molar-refractivity contribution in [1.29, 1.82) is 0 Å². The molecular weight excluding hydrogens is 581 g/mol. The standard InChI is InChI=1S/C34H39F3N6O2/c35-34(36,37)25-3-1-4-27(21-25)41-17-9-23(10-18-41)32(44)43-20-12-28-29(43)11-19-42(28)26-7-13-33(45,14-8-26)30-6-5-24(22-40-30)31-38-15-2-16-39-31/h1-6,15-16,21-23,26,28-29,45H,7-14,17-20H2/t26?,28-,29-,33?/m1/s1. The predicted octanol–water partition coefficient (Wildman–Crippen LogP) is 5.28. The molecule has 0 spiro atoms. The molecule has 238 valence electrons. The average Bonchev–Trinajstić information content (AvgIpc) is 3.68. The van der Waals surface area contributed by atoms with Gasteiger partial charge in [-0.05, 0) is 87.8 Å². The summed E-state index contributed by atoms with van der Waals surface area (Å²) in [7, 11) is 0. The van der Waals surface area contributed by atoms with Gasteiger partial charge in [0.1, 0.15) is 5.60 Å². The van der Waals surface area contributed by atoms with E-state index in [2.05, 4.69) is 24.8 Å². The van der Waals surface area contributed by atoms with Crippen LogP contribution in [0.3, 0.4) is 0 Å². The van der Waals surface area contributed by atoms with Crippen molar-refractivity contribution >= 4 is 11.6 Å². The highest BCUT2D eigenvalue weighted by Gasteiger charge is 2.49. The van der Waals surface area contributed by atoms with Gasteiger partial charge in [0.25, 0.3) is 0 Å². The number of fused-ring (bicyclic) bond motifs is 1. The third kappa shape index (κ3) is 5.92. The molecule has 0 unspecified atom stereocenters. The number of carbonyl (C=O) groups excluding carboxylic acids is 1. The summed E-state index contributed by atoms with van der Waals surface area (Å²) < 4.78 is 39.6. The number of carbonyl (C=O) groups is 1. The van der Waals surface area contributed by atoms with Gasteiger partial charge in [0, 0.05) is 80.1 Å². The topological polar surface area (TPSA) is 85.7 Å². The van der Waals surface area contributed by atoms with E-state index >= 15 is 0 Å². The monoisotopic (exact) mass is 620 g/mol. The molecule has 4 fully saturated rings. The number of nitrogens with zero attached hydrogens (tertiary/aromatic N) is 6. The van der Waals surface area contributed by atoms with Gasteiger partial charge in [-0.25, -0.2) is 9.97 Å². The molecule has 3 aromatic rings. The van der Waals surface area contributed by atoms with Crippen molar-refractivity contribution in [1.82, 2.24) is 24.8 Å². The molecule has 7 rings (SSSR count). The molecule has 8 nitrogen and oxygen atoms in total. The normalized spacial score (nSPS) is 28.0. The van der Waals surface area contributed by atoms with Crippen LogP contribution < -0.4 is 4.90 Å². The first-order valence-corrected chi connectivity index (χ1v) is 16.1. The van der Waals surface area contributed by atoms with Gasteiger partial charge in [0.15, 0.2) is 5.82 Å². The predicted molar refractivity (Wildman–Crippen MR) is 163 cm³/mol. The fraction of sp³-hybridized carbons (Fsp3) is 0.529. The molecule has 1 saturated carbocycles. The second-order valence-electron chi connectivity index (χ2n) is 13.1. The van der Waals surface area contributed by atoms with Gasteiger partial charge in [0.05, 0.1) is 11.3 Å². The minimum absolute atomic E-state index is 0.0862. The minimum Gasteiger partial charge on any atom is -0.384 e. The lowest BCUT2D eigenvalue weighted by molar-refractivity contribution is -0.138. The molecule has 1 N–H and O–H groups in total. The number of halogens is 3. The zero-order chi connectivity index (χ0) is 31.2. The minimum atomic E-state index is -4.37. The third-order valence-corrected chi connectivity index (χ3v) is 10.6. The maximum atomic E-state index is 13.7. The number of anilines is 1. The van der Waals surface area contributed by atoms with E-state index in [1.807, 2.05) is 17.0 Å². The maximum absolute atomic E-state index is 13.7. The van der Waals surface area contributed by atoms with Crippen LogP contribution >= 0.6 is 0 Å². The Hall–Kier alpha value is -3.57. The number of alkyl halides is 3. The molecular formula is C34H39F3N6O2. The van der Waals surface area contributed by atoms with E-state index in [4.69, 9.17) is 0 Å². The molecule has 1 aliphatic carbocycles. The largest absolute Gasteiger partial charge is 0.416 e. The molecule has 1 aromatic carbocycles. The molecule has 2 atom stereocenters. The molecule has 0 bridgehead atoms. The van der Waals surface area contributed by atoms with Crippen molar-refractivity contribution in [2.45, 2.75) is 81.3 Å². The fourth-order valence-electron chi connectivity index (χ4n) is 8.16. The van der Waals surface area contributed by atoms with Crippen molar-refractivity contribution in [3.63, 3.8) is 0 Å². The molecule has 3 aliphatic heterocycles. The lowest BCUT2D eigenvalue weighted by atomic mass is 9.79. The number of piperidine rings is 1. The first-order chi connectivity index (χ1) is 21.7. The molecule has 3 saturated heterocycles. The average molecular weight is 621 g/mol. The Morgan fingerprint density at radius 3 is 2.27 bits per heavy atom. The zero-order valence-corrected chi connectivity index (χ0v) is 25.2. The Bertz CT molecular complexity index is 1490. The second kappa shape index (κ2) is 12.0. The highest BCUT2D eigenvalue weighted by atomic mass is 19.4. The molecule has 1 amide bonds. The summed E-state index contributed by atoms with van der Waals surface area (Å²) in [6, 6.07) is 12.0. The van der Waals surface area contributed by atoms with Crippen molar-refractivity contribution < 1.29 is 23.1 Å². The summed E-state index contributed by atoms with van der Waals surface area (Å²) in [5.41, 5.74) is 0.488. The SMILES string of the molecule is O=C(C1CCN(c2cccc(C(F)(F)F)c2)CC1)N1CC[C@@H]2[C@H]1CCN2C1CCC(O)(c2ccc(-c3ncccn3)cn2)CC1. The van der Waals surface area contributed by atoms with Crippen LogP contribution in [0.25, 0.3) is 11.4 Å². The van der Waals surface area contributed by atoms with E-state index in [0.717, 1.165) is 50.4 Å². The van der Waals surface area contributed by atoms with Crippen LogP contribution in [0.2, 0.25) is 0 Å². The van der Waals surface area contributed by atoms with Crippen LogP contribution in [0, 0.1) is 5.92 Å². The first kappa shape index (κ1) is 30.1. The van der Waals surface area contributed by atoms with Gasteiger partial charge in [-0.15, -0.1) is 0 Å². The number of pyridine rings is 1. The summed E-state index contributed by atoms with van der Waals surface area (Å²) in [5, 5.41) is 11.5. The number of amides is 1. The highest BCUT2D eigenvalue weighted by molar-refractivity contribution is 5.80. The van der Waals surface area contributed by atoms with Gasteiger partial charge in [-0.3, -0.25) is 14.7 Å². The Kier molecular flexibility index (Phi) is 8.02. The molecule has 0 radical (unpaired) electrons. The summed E-state index contributed by atoms with van der Waals surface area (Å²) in [4.78, 5) is 33.5. The fourth-order valence-corrected chi connectivity index (χ4v) is 8.16. The van der Waals surface area contributed by atoms with Crippen LogP contribution in [-0.4, -0.2) is 80.1 Å². The highest BCUT2D eigenvalue weighted by Crippen LogP contribution is 2.43. The zero-order valence-electron chi connectivity index (χ0n) is 25.2. The van der Waals surface area contributed by atoms with Crippen LogP contribution in [0.15, 0.2) is 61.1 Å². The van der Waals surface area contributed by atoms with E-state index in [1.54, 1.807) is 30.7 Å². The van der Waals surface area contributed by atoms with Crippen molar-refractivity contribution in [2.75, 3.05) is 31.1 Å². The van der Waals surface area contributed by atoms with Gasteiger partial charge in [-0.2, -0.15) is 13.2 Å². The Balaban J connectivity index is 0.924. The smallest absolute Gasteiger partial charge is 0.384 e. The van der Waals surface area contributed by atoms with Gasteiger partial charge < -0.3 is 14.9 Å². The van der Waals surface area contributed by atoms with Gasteiger partial charge in [0.2, 0.25) is 5.91 Å². The van der Waals surface area contributed by atoms with Crippen LogP contribution in [0.5, 0.6) is 0 Å². The van der Waals surface area contributed by atoms with E-state index in [-0.39, 0.29) is 17.9 Å². The van der Waals surface area contributed by atoms with Gasteiger partial charge in [-0.1, -0.05) is 6.07 Å². The maximum Gasteiger partial charge on any atom is 0.416 e. The van der Waals surface area contributed by atoms with Crippen LogP contribution in [0.4, 0.5) is 18.9 Å². The summed E-state index contributed by atoms with van der Waals surface area (Å²) in [5.74, 6) is 0.735. The van der Waals surface area contributed by atoms with E-state index in [9.17, 15) is 23.1 Å². The summed E-state index contributed by atoms with van der Waals surface area (Å²) >= 11 is 0. The molecule has 4 aliphatic rings. The molecule has 5 heterocycles. The van der Waals surface area contributed by atoms with Crippen LogP contribution in [-0.2, 0) is 16.6 Å². The van der Waals surface area contributed by atoms with Crippen molar-refractivity contribution in [2.24, 2.45) is 5.92 Å². The Morgan fingerprint density at radius 1 is 0.844 bits per heavy atom. The quantitative estimate of drug-likeness (QED) is 0.416. The Morgan fingerprint density at radius 2 is 1.58 bits per heavy atom. The number of rotatable bonds is 5. The molecule has 2 aromatic heterocycles. The number of hydrogen-bond donors (Lipinski definition) is 1. The number of benzene rings is 1. The second-order valence-corrected chi connectivity index (χ2v) is 13.1. The Labute approximate surface area is 261 Å². The van der Waals surface area contributed by atoms with E-state index in [1.165, 1.54) is 12.1 Å². The van der Waals surface area contributed by atoms with Gasteiger partial charge >= 0.3 is 6.18 Å². The summed E-state index contributed by atoms with van der Waals surface area (Å²) in [6.07, 6.45) is 7.05. The van der Waals surface area contributed by atoms with E-state index in [0.29, 0.717) is 68.1 Å². The number of aromatic nitrogens is 3. The molecule has 45 heavy (non-hydrogen) atoms. The lowest BCUT2D eigenvalue weighted by Gasteiger charge is -2.41. The van der Waals surface area contributed by atoms with Crippen molar-refractivity contribution in [3.05, 3.63) is 72.3 Å². The number of hydrogen-bond acceptors (Lipinski definition) is 7. The van der Waals surface area contributed by atoms with E-state index < -0.39 is 17.3 Å². The summed E-state index contributed by atoms with van der Waals surface area (Å²) in [6.45, 7) is 2.87. The number of likely N-dealkylation sites (tertiary alicyclic amines) is 2. The molecule has 11 heteroatoms. The first-order valence-electron chi connectivity index (χ1n) is 16.1.